The third-order valence-electron chi connectivity index (χ3n) is 2.60. The second-order valence-corrected chi connectivity index (χ2v) is 5.34. The van der Waals surface area contributed by atoms with Gasteiger partial charge >= 0.3 is 11.9 Å². The Labute approximate surface area is 130 Å². The van der Waals surface area contributed by atoms with Crippen LogP contribution in [0.25, 0.3) is 0 Å². The molecule has 1 amide bonds. The normalized spacial score (nSPS) is 11.2. The van der Waals surface area contributed by atoms with Crippen molar-refractivity contribution in [2.45, 2.75) is 18.2 Å². The molecule has 22 heavy (non-hydrogen) atoms. The van der Waals surface area contributed by atoms with E-state index in [0.29, 0.717) is 11.3 Å². The topological polar surface area (TPSA) is 127 Å². The summed E-state index contributed by atoms with van der Waals surface area (Å²) >= 11 is 1.27. The lowest BCUT2D eigenvalue weighted by atomic mass is 10.2. The monoisotopic (exact) mass is 322 g/mol. The number of aliphatic carboxylic acids is 2. The fraction of sp³-hybridized carbons (Fsp3) is 0.286. The zero-order valence-electron chi connectivity index (χ0n) is 11.5. The molecule has 0 heterocycles. The number of hydrogen-bond donors (Lipinski definition) is 3. The van der Waals surface area contributed by atoms with Gasteiger partial charge in [0.1, 0.15) is 6.04 Å². The molecule has 0 saturated carbocycles. The molecule has 0 aliphatic heterocycles. The molecule has 0 bridgehead atoms. The summed E-state index contributed by atoms with van der Waals surface area (Å²) in [5, 5.41) is 28.2. The van der Waals surface area contributed by atoms with Crippen molar-refractivity contribution in [3.8, 4) is 6.07 Å². The van der Waals surface area contributed by atoms with Gasteiger partial charge in [0.2, 0.25) is 5.91 Å². The largest absolute Gasteiger partial charge is 0.481 e. The lowest BCUT2D eigenvalue weighted by molar-refractivity contribution is -0.147. The molecular formula is C14H14N2O5S. The van der Waals surface area contributed by atoms with Crippen LogP contribution in [0.5, 0.6) is 0 Å². The van der Waals surface area contributed by atoms with Crippen molar-refractivity contribution in [1.82, 2.24) is 5.32 Å². The molecule has 8 heteroatoms. The number of nitrogens with zero attached hydrogens (tertiary/aromatic N) is 1. The number of rotatable bonds is 8. The molecule has 116 valence electrons. The lowest BCUT2D eigenvalue weighted by Gasteiger charge is -2.12. The Morgan fingerprint density at radius 3 is 2.36 bits per heavy atom. The predicted octanol–water partition coefficient (Wildman–Crippen LogP) is 0.836. The maximum absolute atomic E-state index is 11.6. The molecule has 0 radical (unpaired) electrons. The standard InChI is InChI=1S/C14H14N2O5S/c15-6-9-1-3-10(4-2-9)7-22-8-12(17)16-11(14(20)21)5-13(18)19/h1-4,11H,5,7-8H2,(H,16,17)(H,18,19)(H,20,21). The van der Waals surface area contributed by atoms with Crippen molar-refractivity contribution in [2.24, 2.45) is 0 Å². The van der Waals surface area contributed by atoms with Crippen LogP contribution >= 0.6 is 11.8 Å². The summed E-state index contributed by atoms with van der Waals surface area (Å²) in [7, 11) is 0. The van der Waals surface area contributed by atoms with Crippen molar-refractivity contribution in [3.63, 3.8) is 0 Å². The molecule has 0 saturated heterocycles. The van der Waals surface area contributed by atoms with Gasteiger partial charge in [-0.15, -0.1) is 11.8 Å². The van der Waals surface area contributed by atoms with Gasteiger partial charge in [0, 0.05) is 5.75 Å². The molecule has 1 aromatic rings. The van der Waals surface area contributed by atoms with E-state index in [9.17, 15) is 14.4 Å². The van der Waals surface area contributed by atoms with Crippen LogP contribution in [0.4, 0.5) is 0 Å². The molecule has 1 unspecified atom stereocenters. The van der Waals surface area contributed by atoms with Crippen LogP contribution in [0.1, 0.15) is 17.5 Å². The number of carbonyl (C=O) groups excluding carboxylic acids is 1. The van der Waals surface area contributed by atoms with Crippen LogP contribution in [0, 0.1) is 11.3 Å². The number of carbonyl (C=O) groups is 3. The molecule has 3 N–H and O–H groups in total. The van der Waals surface area contributed by atoms with Crippen molar-refractivity contribution in [3.05, 3.63) is 35.4 Å². The number of benzene rings is 1. The highest BCUT2D eigenvalue weighted by Gasteiger charge is 2.22. The fourth-order valence-corrected chi connectivity index (χ4v) is 2.35. The molecular weight excluding hydrogens is 308 g/mol. The maximum Gasteiger partial charge on any atom is 0.326 e. The van der Waals surface area contributed by atoms with E-state index < -0.39 is 30.3 Å². The Hall–Kier alpha value is -2.53. The van der Waals surface area contributed by atoms with Crippen LogP contribution in [-0.4, -0.2) is 39.9 Å². The summed E-state index contributed by atoms with van der Waals surface area (Å²) in [4.78, 5) is 32.9. The zero-order valence-corrected chi connectivity index (χ0v) is 12.3. The highest BCUT2D eigenvalue weighted by Crippen LogP contribution is 2.12. The van der Waals surface area contributed by atoms with Gasteiger partial charge in [0.25, 0.3) is 0 Å². The van der Waals surface area contributed by atoms with Crippen molar-refractivity contribution < 1.29 is 24.6 Å². The summed E-state index contributed by atoms with van der Waals surface area (Å²) in [6.07, 6.45) is -0.665. The molecule has 1 atom stereocenters. The first kappa shape index (κ1) is 17.5. The molecule has 1 rings (SSSR count). The molecule has 0 aliphatic rings. The van der Waals surface area contributed by atoms with Gasteiger partial charge in [-0.2, -0.15) is 5.26 Å². The number of carboxylic acids is 2. The van der Waals surface area contributed by atoms with Gasteiger partial charge in [0.05, 0.1) is 23.8 Å². The summed E-state index contributed by atoms with van der Waals surface area (Å²) in [6.45, 7) is 0. The number of nitrogens with one attached hydrogen (secondary N) is 1. The highest BCUT2D eigenvalue weighted by atomic mass is 32.2. The van der Waals surface area contributed by atoms with Crippen molar-refractivity contribution in [2.75, 3.05) is 5.75 Å². The second-order valence-electron chi connectivity index (χ2n) is 4.36. The fourth-order valence-electron chi connectivity index (χ4n) is 1.55. The highest BCUT2D eigenvalue weighted by molar-refractivity contribution is 7.99. The van der Waals surface area contributed by atoms with E-state index in [-0.39, 0.29) is 5.75 Å². The molecule has 1 aromatic carbocycles. The third-order valence-corrected chi connectivity index (χ3v) is 3.60. The Balaban J connectivity index is 2.40. The minimum absolute atomic E-state index is 0.0173. The Morgan fingerprint density at radius 1 is 1.23 bits per heavy atom. The molecule has 0 aromatic heterocycles. The van der Waals surface area contributed by atoms with Gasteiger partial charge in [-0.25, -0.2) is 4.79 Å². The predicted molar refractivity (Wildman–Crippen MR) is 79.1 cm³/mol. The second kappa shape index (κ2) is 8.69. The lowest BCUT2D eigenvalue weighted by Crippen LogP contribution is -2.43. The van der Waals surface area contributed by atoms with Gasteiger partial charge in [-0.3, -0.25) is 9.59 Å². The number of carboxylic acid groups (broad SMARTS) is 2. The minimum Gasteiger partial charge on any atom is -0.481 e. The van der Waals surface area contributed by atoms with Gasteiger partial charge in [-0.1, -0.05) is 12.1 Å². The van der Waals surface area contributed by atoms with E-state index in [4.69, 9.17) is 15.5 Å². The first-order chi connectivity index (χ1) is 10.4. The average molecular weight is 322 g/mol. The Bertz CT molecular complexity index is 594. The first-order valence-electron chi connectivity index (χ1n) is 6.23. The van der Waals surface area contributed by atoms with Crippen LogP contribution in [0.15, 0.2) is 24.3 Å². The SMILES string of the molecule is N#Cc1ccc(CSCC(=O)NC(CC(=O)O)C(=O)O)cc1. The zero-order chi connectivity index (χ0) is 16.5. The van der Waals surface area contributed by atoms with E-state index in [0.717, 1.165) is 5.56 Å². The van der Waals surface area contributed by atoms with Gasteiger partial charge < -0.3 is 15.5 Å². The summed E-state index contributed by atoms with van der Waals surface area (Å²) in [5.74, 6) is -2.67. The molecule has 0 aliphatic carbocycles. The number of amides is 1. The maximum atomic E-state index is 11.6. The van der Waals surface area contributed by atoms with Crippen LogP contribution in [0.3, 0.4) is 0 Å². The van der Waals surface area contributed by atoms with E-state index in [1.807, 2.05) is 6.07 Å². The number of thioether (sulfide) groups is 1. The van der Waals surface area contributed by atoms with Gasteiger partial charge in [-0.05, 0) is 17.7 Å². The van der Waals surface area contributed by atoms with Crippen LogP contribution < -0.4 is 5.32 Å². The quantitative estimate of drug-likeness (QED) is 0.647. The summed E-state index contributed by atoms with van der Waals surface area (Å²) in [5.41, 5.74) is 1.47. The van der Waals surface area contributed by atoms with Crippen molar-refractivity contribution >= 4 is 29.6 Å². The van der Waals surface area contributed by atoms with E-state index in [1.165, 1.54) is 11.8 Å². The molecule has 7 nitrogen and oxygen atoms in total. The number of hydrogen-bond acceptors (Lipinski definition) is 5. The van der Waals surface area contributed by atoms with E-state index >= 15 is 0 Å². The molecule has 0 spiro atoms. The smallest absolute Gasteiger partial charge is 0.326 e. The van der Waals surface area contributed by atoms with Gasteiger partial charge in [0.15, 0.2) is 0 Å². The number of nitriles is 1. The van der Waals surface area contributed by atoms with E-state index in [1.54, 1.807) is 24.3 Å². The third kappa shape index (κ3) is 6.28. The average Bonchev–Trinajstić information content (AvgIpc) is 2.46. The Kier molecular flexibility index (Phi) is 6.92. The van der Waals surface area contributed by atoms with Crippen molar-refractivity contribution in [1.29, 1.82) is 5.26 Å². The Morgan fingerprint density at radius 2 is 1.86 bits per heavy atom. The van der Waals surface area contributed by atoms with Crippen LogP contribution in [-0.2, 0) is 20.1 Å². The van der Waals surface area contributed by atoms with E-state index in [2.05, 4.69) is 5.32 Å². The summed E-state index contributed by atoms with van der Waals surface area (Å²) < 4.78 is 0. The minimum atomic E-state index is -1.43. The summed E-state index contributed by atoms with van der Waals surface area (Å²) in [6, 6.07) is 7.46. The first-order valence-corrected chi connectivity index (χ1v) is 7.38. The molecule has 0 fully saturated rings. The van der Waals surface area contributed by atoms with Crippen LogP contribution in [0.2, 0.25) is 0 Å².